The number of aromatic nitrogens is 4. The first-order valence-electron chi connectivity index (χ1n) is 21.0. The van der Waals surface area contributed by atoms with Crippen LogP contribution in [0.1, 0.15) is 0 Å². The summed E-state index contributed by atoms with van der Waals surface area (Å²) in [4.78, 5) is 12.6. The predicted molar refractivity (Wildman–Crippen MR) is 257 cm³/mol. The average molecular weight is 814 g/mol. The van der Waals surface area contributed by atoms with Crippen LogP contribution >= 0.6 is 0 Å². The minimum Gasteiger partial charge on any atom is -0.457 e. The Labute approximate surface area is 360 Å². The van der Waals surface area contributed by atoms with Crippen molar-refractivity contribution in [2.75, 3.05) is 4.90 Å². The van der Waals surface area contributed by atoms with Crippen molar-refractivity contribution in [1.29, 1.82) is 0 Å². The third-order valence-corrected chi connectivity index (χ3v) is 17.3. The summed E-state index contributed by atoms with van der Waals surface area (Å²) in [6.07, 6.45) is 1.90. The van der Waals surface area contributed by atoms with Crippen LogP contribution in [0.4, 0.5) is 17.1 Å². The van der Waals surface area contributed by atoms with Crippen LogP contribution in [0.5, 0.6) is 11.5 Å². The number of rotatable bonds is 7. The fourth-order valence-corrected chi connectivity index (χ4v) is 15.2. The van der Waals surface area contributed by atoms with Gasteiger partial charge in [-0.05, 0) is 88.4 Å². The molecule has 11 aromatic rings. The van der Waals surface area contributed by atoms with Crippen molar-refractivity contribution >= 4 is 78.9 Å². The lowest BCUT2D eigenvalue weighted by molar-refractivity contribution is 0.482. The molecule has 0 radical (unpaired) electrons. The monoisotopic (exact) mass is 813 g/mol. The molecule has 7 heteroatoms. The topological polar surface area (TPSA) is 48.1 Å². The van der Waals surface area contributed by atoms with Crippen LogP contribution in [-0.4, -0.2) is 27.2 Å². The number of pyridine rings is 1. The maximum absolute atomic E-state index is 6.76. The van der Waals surface area contributed by atoms with E-state index in [0.717, 1.165) is 72.9 Å². The second-order valence-corrected chi connectivity index (χ2v) is 19.5. The van der Waals surface area contributed by atoms with E-state index in [4.69, 9.17) is 14.7 Å². The van der Waals surface area contributed by atoms with Gasteiger partial charge in [-0.15, -0.1) is 0 Å². The van der Waals surface area contributed by atoms with Crippen molar-refractivity contribution in [2.24, 2.45) is 7.05 Å². The van der Waals surface area contributed by atoms with E-state index >= 15 is 0 Å². The molecule has 0 spiro atoms. The molecule has 0 N–H and O–H groups in total. The first-order valence-corrected chi connectivity index (χ1v) is 23.0. The van der Waals surface area contributed by atoms with Crippen LogP contribution < -0.4 is 30.4 Å². The molecule has 8 aromatic carbocycles. The van der Waals surface area contributed by atoms with E-state index in [1.54, 1.807) is 0 Å². The summed E-state index contributed by atoms with van der Waals surface area (Å²) in [6.45, 7) is 0. The van der Waals surface area contributed by atoms with Gasteiger partial charge in [0.05, 0.1) is 22.2 Å². The van der Waals surface area contributed by atoms with Crippen molar-refractivity contribution in [2.45, 2.75) is 0 Å². The van der Waals surface area contributed by atoms with Gasteiger partial charge in [0.2, 0.25) is 0 Å². The predicted octanol–water partition coefficient (Wildman–Crippen LogP) is 10.7. The molecule has 0 unspecified atom stereocenters. The molecule has 1 aliphatic rings. The maximum Gasteiger partial charge on any atom is 0.186 e. The number of benzene rings is 8. The number of nitrogens with zero attached hydrogens (tertiary/aromatic N) is 5. The van der Waals surface area contributed by atoms with Gasteiger partial charge in [-0.2, -0.15) is 0 Å². The van der Waals surface area contributed by atoms with E-state index in [1.807, 2.05) is 42.6 Å². The van der Waals surface area contributed by atoms with Crippen LogP contribution in [-0.2, 0) is 7.05 Å². The summed E-state index contributed by atoms with van der Waals surface area (Å²) in [5, 5.41) is 7.55. The number of imidazole rings is 1. The molecule has 4 heterocycles. The van der Waals surface area contributed by atoms with E-state index < -0.39 is 8.07 Å². The lowest BCUT2D eigenvalue weighted by atomic mass is 10.1. The summed E-state index contributed by atoms with van der Waals surface area (Å²) < 4.78 is 11.3. The highest BCUT2D eigenvalue weighted by Crippen LogP contribution is 2.43. The molecular formula is C55H39N5OSi. The molecule has 0 amide bonds. The minimum atomic E-state index is -3.10. The number of hydrogen-bond donors (Lipinski definition) is 0. The zero-order valence-electron chi connectivity index (χ0n) is 33.9. The highest BCUT2D eigenvalue weighted by Gasteiger charge is 2.50. The Balaban J connectivity index is 1.13. The Kier molecular flexibility index (Phi) is 8.30. The van der Waals surface area contributed by atoms with Crippen LogP contribution in [0.15, 0.2) is 219 Å². The highest BCUT2D eigenvalue weighted by atomic mass is 28.3. The molecule has 1 aliphatic heterocycles. The van der Waals surface area contributed by atoms with Gasteiger partial charge in [0, 0.05) is 57.9 Å². The van der Waals surface area contributed by atoms with E-state index in [-0.39, 0.29) is 0 Å². The van der Waals surface area contributed by atoms with Crippen molar-refractivity contribution in [3.63, 3.8) is 0 Å². The molecule has 0 fully saturated rings. The second-order valence-electron chi connectivity index (χ2n) is 15.8. The Hall–Kier alpha value is -8.00. The van der Waals surface area contributed by atoms with Gasteiger partial charge < -0.3 is 14.2 Å². The van der Waals surface area contributed by atoms with Crippen LogP contribution in [0.3, 0.4) is 0 Å². The molecule has 6 nitrogen and oxygen atoms in total. The van der Waals surface area contributed by atoms with Gasteiger partial charge in [0.15, 0.2) is 8.07 Å². The quantitative estimate of drug-likeness (QED) is 0.150. The normalized spacial score (nSPS) is 13.0. The molecule has 294 valence electrons. The van der Waals surface area contributed by atoms with Gasteiger partial charge in [-0.1, -0.05) is 133 Å². The fraction of sp³-hybridized carbons (Fsp3) is 0.0182. The zero-order chi connectivity index (χ0) is 41.2. The van der Waals surface area contributed by atoms with E-state index in [2.05, 4.69) is 197 Å². The van der Waals surface area contributed by atoms with Gasteiger partial charge in [0.25, 0.3) is 0 Å². The summed E-state index contributed by atoms with van der Waals surface area (Å²) in [5.41, 5.74) is 9.52. The lowest BCUT2D eigenvalue weighted by Gasteiger charge is -2.45. The Morgan fingerprint density at radius 2 is 1.18 bits per heavy atom. The average Bonchev–Trinajstić information content (AvgIpc) is 3.86. The Bertz CT molecular complexity index is 3430. The molecule has 0 aliphatic carbocycles. The number of ether oxygens (including phenoxy) is 1. The molecule has 12 rings (SSSR count). The van der Waals surface area contributed by atoms with Crippen LogP contribution in [0, 0.1) is 0 Å². The van der Waals surface area contributed by atoms with Gasteiger partial charge in [-0.25, -0.2) is 9.97 Å². The van der Waals surface area contributed by atoms with E-state index in [1.165, 1.54) is 26.4 Å². The summed E-state index contributed by atoms with van der Waals surface area (Å²) in [7, 11) is -1.04. The molecule has 3 aromatic heterocycles. The number of hydrogen-bond acceptors (Lipinski definition) is 4. The molecule has 62 heavy (non-hydrogen) atoms. The third kappa shape index (κ3) is 5.42. The largest absolute Gasteiger partial charge is 0.457 e. The van der Waals surface area contributed by atoms with Gasteiger partial charge >= 0.3 is 0 Å². The summed E-state index contributed by atoms with van der Waals surface area (Å²) in [6, 6.07) is 76.0. The number of aryl methyl sites for hydroxylation is 1. The minimum absolute atomic E-state index is 0.728. The van der Waals surface area contributed by atoms with Crippen molar-refractivity contribution in [3.05, 3.63) is 219 Å². The van der Waals surface area contributed by atoms with E-state index in [9.17, 15) is 0 Å². The Morgan fingerprint density at radius 1 is 0.516 bits per heavy atom. The van der Waals surface area contributed by atoms with Gasteiger partial charge in [0.1, 0.15) is 23.0 Å². The third-order valence-electron chi connectivity index (χ3n) is 12.5. The SMILES string of the molecule is Cn1c(-c2cccc(Oc3cccc(-n4c5ncccc5c5ccc6c(c54)[Si](c4ccccc4)(c4ccccc4)c4ccccc4N6c4ccccc4)c3)c2)nc2ccccc21. The highest BCUT2D eigenvalue weighted by molar-refractivity contribution is 7.22. The van der Waals surface area contributed by atoms with Crippen molar-refractivity contribution in [3.8, 4) is 28.6 Å². The maximum atomic E-state index is 6.76. The van der Waals surface area contributed by atoms with E-state index in [0.29, 0.717) is 0 Å². The number of anilines is 3. The smallest absolute Gasteiger partial charge is 0.186 e. The zero-order valence-corrected chi connectivity index (χ0v) is 34.9. The standard InChI is InChI=1S/C55H39N5OSi/c1-58-48-30-12-11-29-47(48)57-54(58)38-18-15-22-41(36-38)61-42-23-16-21-40(37-42)60-52-45(46-28-17-35-56-55(46)60)33-34-50-53(52)62(43-24-7-3-8-25-43,44-26-9-4-10-27-44)51-32-14-13-31-49(51)59(50)39-19-5-2-6-20-39/h2-37H,1H3. The van der Waals surface area contributed by atoms with Crippen molar-refractivity contribution in [1.82, 2.24) is 19.1 Å². The lowest BCUT2D eigenvalue weighted by Crippen LogP contribution is -2.77. The summed E-state index contributed by atoms with van der Waals surface area (Å²) >= 11 is 0. The van der Waals surface area contributed by atoms with Crippen LogP contribution in [0.25, 0.3) is 50.0 Å². The first-order chi connectivity index (χ1) is 30.7. The molecule has 0 saturated heterocycles. The number of fused-ring (bicyclic) bond motifs is 7. The Morgan fingerprint density at radius 3 is 1.95 bits per heavy atom. The van der Waals surface area contributed by atoms with Gasteiger partial charge in [-0.3, -0.25) is 4.57 Å². The summed E-state index contributed by atoms with van der Waals surface area (Å²) in [5.74, 6) is 2.35. The molecule has 0 bridgehead atoms. The fourth-order valence-electron chi connectivity index (χ4n) is 9.90. The van der Waals surface area contributed by atoms with Crippen LogP contribution in [0.2, 0.25) is 0 Å². The first kappa shape index (κ1) is 35.9. The van der Waals surface area contributed by atoms with Crippen molar-refractivity contribution < 1.29 is 4.74 Å². The molecular weight excluding hydrogens is 775 g/mol. The molecule has 0 atom stereocenters. The number of para-hydroxylation sites is 4. The second kappa shape index (κ2) is 14.3. The molecule has 0 saturated carbocycles.